The van der Waals surface area contributed by atoms with Gasteiger partial charge >= 0.3 is 5.97 Å². The molecule has 7 heteroatoms. The number of nitrogens with zero attached hydrogens (tertiary/aromatic N) is 2. The van der Waals surface area contributed by atoms with Crippen LogP contribution in [0.25, 0.3) is 11.0 Å². The summed E-state index contributed by atoms with van der Waals surface area (Å²) in [7, 11) is 0. The van der Waals surface area contributed by atoms with Crippen molar-refractivity contribution in [3.8, 4) is 0 Å². The zero-order valence-corrected chi connectivity index (χ0v) is 18.1. The summed E-state index contributed by atoms with van der Waals surface area (Å²) in [5, 5.41) is 2.77. The lowest BCUT2D eigenvalue weighted by atomic mass is 10.1. The molecule has 1 N–H and O–H groups in total. The fourth-order valence-electron chi connectivity index (χ4n) is 3.04. The van der Waals surface area contributed by atoms with Crippen LogP contribution in [0.2, 0.25) is 0 Å². The van der Waals surface area contributed by atoms with E-state index >= 15 is 0 Å². The molecule has 2 aromatic carbocycles. The Kier molecular flexibility index (Phi) is 6.74. The van der Waals surface area contributed by atoms with Crippen LogP contribution in [0.5, 0.6) is 0 Å². The van der Waals surface area contributed by atoms with Crippen LogP contribution in [0.1, 0.15) is 58.8 Å². The summed E-state index contributed by atoms with van der Waals surface area (Å²) in [6.45, 7) is 7.19. The number of benzene rings is 2. The van der Waals surface area contributed by atoms with Crippen molar-refractivity contribution in [1.82, 2.24) is 9.97 Å². The van der Waals surface area contributed by atoms with E-state index in [2.05, 4.69) is 15.3 Å². The van der Waals surface area contributed by atoms with Gasteiger partial charge in [-0.3, -0.25) is 9.59 Å². The van der Waals surface area contributed by atoms with Gasteiger partial charge in [0.25, 0.3) is 0 Å². The molecule has 1 heterocycles. The van der Waals surface area contributed by atoms with Gasteiger partial charge in [0.1, 0.15) is 0 Å². The topological polar surface area (TPSA) is 98.2 Å². The summed E-state index contributed by atoms with van der Waals surface area (Å²) >= 11 is 0. The van der Waals surface area contributed by atoms with Crippen LogP contribution in [0.15, 0.2) is 42.5 Å². The van der Waals surface area contributed by atoms with E-state index in [1.165, 1.54) is 6.92 Å². The smallest absolute Gasteiger partial charge is 0.338 e. The Labute approximate surface area is 180 Å². The Hall–Kier alpha value is -3.61. The van der Waals surface area contributed by atoms with Gasteiger partial charge in [-0.1, -0.05) is 6.92 Å². The summed E-state index contributed by atoms with van der Waals surface area (Å²) in [5.74, 6) is -1.01. The van der Waals surface area contributed by atoms with Crippen molar-refractivity contribution in [1.29, 1.82) is 0 Å². The minimum atomic E-state index is -0.963. The van der Waals surface area contributed by atoms with Crippen LogP contribution < -0.4 is 5.32 Å². The highest BCUT2D eigenvalue weighted by atomic mass is 16.5. The molecular formula is C24H25N3O4. The fourth-order valence-corrected chi connectivity index (χ4v) is 3.04. The van der Waals surface area contributed by atoms with Crippen LogP contribution in [-0.2, 0) is 9.53 Å². The van der Waals surface area contributed by atoms with Crippen LogP contribution in [-0.4, -0.2) is 33.7 Å². The number of fused-ring (bicyclic) bond motifs is 1. The molecule has 0 unspecified atom stereocenters. The molecule has 0 saturated heterocycles. The number of nitrogens with one attached hydrogen (secondary N) is 1. The van der Waals surface area contributed by atoms with Crippen molar-refractivity contribution >= 4 is 34.4 Å². The van der Waals surface area contributed by atoms with Crippen molar-refractivity contribution in [2.75, 3.05) is 5.32 Å². The normalized spacial score (nSPS) is 11.7. The van der Waals surface area contributed by atoms with Crippen LogP contribution in [0, 0.1) is 13.8 Å². The average Bonchev–Trinajstić information content (AvgIpc) is 2.74. The number of aryl methyl sites for hydroxylation is 2. The molecule has 1 aromatic heterocycles. The zero-order valence-electron chi connectivity index (χ0n) is 18.1. The number of ether oxygens (including phenoxy) is 1. The molecule has 0 saturated carbocycles. The second kappa shape index (κ2) is 9.47. The molecule has 1 amide bonds. The molecule has 0 aliphatic carbocycles. The Balaban J connectivity index is 1.67. The number of esters is 1. The molecule has 3 aromatic rings. The van der Waals surface area contributed by atoms with Gasteiger partial charge < -0.3 is 10.1 Å². The van der Waals surface area contributed by atoms with Crippen LogP contribution in [0.4, 0.5) is 5.69 Å². The lowest BCUT2D eigenvalue weighted by molar-refractivity contribution is -0.116. The largest absolute Gasteiger partial charge is 0.451 e. The summed E-state index contributed by atoms with van der Waals surface area (Å²) in [6, 6.07) is 11.4. The molecular weight excluding hydrogens is 394 g/mol. The maximum absolute atomic E-state index is 12.7. The number of rotatable bonds is 7. The minimum absolute atomic E-state index is 0.0747. The van der Waals surface area contributed by atoms with E-state index in [1.54, 1.807) is 42.5 Å². The van der Waals surface area contributed by atoms with Crippen molar-refractivity contribution in [2.24, 2.45) is 0 Å². The van der Waals surface area contributed by atoms with Crippen molar-refractivity contribution in [2.45, 2.75) is 46.6 Å². The number of anilines is 1. The molecule has 0 aliphatic rings. The van der Waals surface area contributed by atoms with Gasteiger partial charge in [0.15, 0.2) is 6.10 Å². The third-order valence-corrected chi connectivity index (χ3v) is 4.89. The predicted octanol–water partition coefficient (Wildman–Crippen LogP) is 4.41. The third-order valence-electron chi connectivity index (χ3n) is 4.89. The number of Topliss-reactive ketones (excluding diaryl/α,β-unsaturated/α-hetero) is 1. The highest BCUT2D eigenvalue weighted by Gasteiger charge is 2.21. The summed E-state index contributed by atoms with van der Waals surface area (Å²) < 4.78 is 5.38. The van der Waals surface area contributed by atoms with E-state index in [-0.39, 0.29) is 11.7 Å². The third kappa shape index (κ3) is 5.31. The van der Waals surface area contributed by atoms with Gasteiger partial charge in [0.05, 0.1) is 28.0 Å². The molecule has 0 fully saturated rings. The van der Waals surface area contributed by atoms with Gasteiger partial charge in [-0.25, -0.2) is 14.8 Å². The Morgan fingerprint density at radius 2 is 1.55 bits per heavy atom. The molecule has 1 atom stereocenters. The van der Waals surface area contributed by atoms with E-state index in [9.17, 15) is 14.4 Å². The highest BCUT2D eigenvalue weighted by Crippen LogP contribution is 2.17. The first-order chi connectivity index (χ1) is 14.8. The monoisotopic (exact) mass is 419 g/mol. The Morgan fingerprint density at radius 1 is 0.935 bits per heavy atom. The number of ketones is 1. The Bertz CT molecular complexity index is 1140. The molecule has 160 valence electrons. The molecule has 7 nitrogen and oxygen atoms in total. The van der Waals surface area contributed by atoms with E-state index in [0.717, 1.165) is 17.8 Å². The Morgan fingerprint density at radius 3 is 2.19 bits per heavy atom. The van der Waals surface area contributed by atoms with Crippen LogP contribution in [0.3, 0.4) is 0 Å². The van der Waals surface area contributed by atoms with E-state index in [0.29, 0.717) is 34.3 Å². The van der Waals surface area contributed by atoms with E-state index in [4.69, 9.17) is 4.74 Å². The van der Waals surface area contributed by atoms with Crippen LogP contribution >= 0.6 is 0 Å². The van der Waals surface area contributed by atoms with Crippen molar-refractivity contribution in [3.63, 3.8) is 0 Å². The second-order valence-corrected chi connectivity index (χ2v) is 7.39. The molecule has 31 heavy (non-hydrogen) atoms. The summed E-state index contributed by atoms with van der Waals surface area (Å²) in [6.07, 6.45) is 0.233. The quantitative estimate of drug-likeness (QED) is 0.450. The number of amides is 1. The molecule has 0 spiro atoms. The number of hydrogen-bond donors (Lipinski definition) is 1. The maximum Gasteiger partial charge on any atom is 0.338 e. The standard InChI is InChI=1S/C24H25N3O4/c1-5-6-22(28)27-19-10-7-17(8-11-19)23(29)16(4)31-24(30)18-9-12-20-21(13-18)26-15(3)14(2)25-20/h7-13,16H,5-6H2,1-4H3,(H,27,28)/t16-/m1/s1. The molecule has 0 aliphatic heterocycles. The molecule has 3 rings (SSSR count). The van der Waals surface area contributed by atoms with Crippen molar-refractivity contribution in [3.05, 3.63) is 65.0 Å². The SMILES string of the molecule is CCCC(=O)Nc1ccc(C(=O)[C@@H](C)OC(=O)c2ccc3nc(C)c(C)nc3c2)cc1. The van der Waals surface area contributed by atoms with Gasteiger partial charge in [-0.15, -0.1) is 0 Å². The number of carbonyl (C=O) groups excluding carboxylic acids is 3. The molecule has 0 bridgehead atoms. The number of carbonyl (C=O) groups is 3. The first-order valence-corrected chi connectivity index (χ1v) is 10.2. The van der Waals surface area contributed by atoms with Gasteiger partial charge in [0, 0.05) is 17.7 Å². The van der Waals surface area contributed by atoms with Crippen molar-refractivity contribution < 1.29 is 19.1 Å². The lowest BCUT2D eigenvalue weighted by Crippen LogP contribution is -2.24. The minimum Gasteiger partial charge on any atom is -0.451 e. The first-order valence-electron chi connectivity index (χ1n) is 10.2. The molecule has 0 radical (unpaired) electrons. The lowest BCUT2D eigenvalue weighted by Gasteiger charge is -2.13. The zero-order chi connectivity index (χ0) is 22.5. The number of aromatic nitrogens is 2. The number of hydrogen-bond acceptors (Lipinski definition) is 6. The average molecular weight is 419 g/mol. The van der Waals surface area contributed by atoms with Gasteiger partial charge in [0.2, 0.25) is 11.7 Å². The van der Waals surface area contributed by atoms with E-state index in [1.807, 2.05) is 20.8 Å². The second-order valence-electron chi connectivity index (χ2n) is 7.39. The summed E-state index contributed by atoms with van der Waals surface area (Å²) in [5.41, 5.74) is 4.21. The fraction of sp³-hybridized carbons (Fsp3) is 0.292. The first kappa shape index (κ1) is 22.1. The highest BCUT2D eigenvalue weighted by molar-refractivity contribution is 6.02. The maximum atomic E-state index is 12.7. The van der Waals surface area contributed by atoms with Gasteiger partial charge in [-0.2, -0.15) is 0 Å². The predicted molar refractivity (Wildman–Crippen MR) is 118 cm³/mol. The van der Waals surface area contributed by atoms with Gasteiger partial charge in [-0.05, 0) is 69.7 Å². The van der Waals surface area contributed by atoms with E-state index < -0.39 is 12.1 Å². The summed E-state index contributed by atoms with van der Waals surface area (Å²) in [4.78, 5) is 45.8.